The molecule has 2 aromatic carbocycles. The number of hydrogen-bond donors (Lipinski definition) is 1. The van der Waals surface area contributed by atoms with Gasteiger partial charge in [0.1, 0.15) is 5.82 Å². The molecule has 1 fully saturated rings. The number of nitrogens with one attached hydrogen (secondary N) is 1. The second kappa shape index (κ2) is 6.69. The van der Waals surface area contributed by atoms with Crippen molar-refractivity contribution < 1.29 is 18.7 Å². The summed E-state index contributed by atoms with van der Waals surface area (Å²) in [4.78, 5) is 12.4. The molecule has 126 valence electrons. The van der Waals surface area contributed by atoms with E-state index in [4.69, 9.17) is 21.1 Å². The predicted molar refractivity (Wildman–Crippen MR) is 90.4 cm³/mol. The number of anilines is 1. The van der Waals surface area contributed by atoms with Crippen molar-refractivity contribution in [1.29, 1.82) is 0 Å². The standard InChI is InChI=1S/C18H17ClFNO3/c1-23-16-8-14(19)15(9-17(16)24-2)21-18(22)13-7-12(13)10-3-5-11(20)6-4-10/h3-6,8-9,12-13H,7H2,1-2H3,(H,21,22). The van der Waals surface area contributed by atoms with Gasteiger partial charge in [0, 0.05) is 18.1 Å². The fourth-order valence-corrected chi connectivity index (χ4v) is 2.94. The zero-order valence-electron chi connectivity index (χ0n) is 13.3. The van der Waals surface area contributed by atoms with E-state index in [1.54, 1.807) is 24.3 Å². The van der Waals surface area contributed by atoms with Gasteiger partial charge in [-0.25, -0.2) is 4.39 Å². The van der Waals surface area contributed by atoms with Gasteiger partial charge in [-0.15, -0.1) is 0 Å². The van der Waals surface area contributed by atoms with Crippen LogP contribution in [0.25, 0.3) is 0 Å². The first kappa shape index (κ1) is 16.6. The highest BCUT2D eigenvalue weighted by atomic mass is 35.5. The van der Waals surface area contributed by atoms with E-state index in [0.717, 1.165) is 12.0 Å². The molecule has 0 bridgehead atoms. The molecule has 2 atom stereocenters. The van der Waals surface area contributed by atoms with Gasteiger partial charge in [0.05, 0.1) is 24.9 Å². The van der Waals surface area contributed by atoms with Crippen LogP contribution in [0.1, 0.15) is 17.9 Å². The molecule has 1 aliphatic carbocycles. The van der Waals surface area contributed by atoms with Gasteiger partial charge in [0.2, 0.25) is 5.91 Å². The second-order valence-electron chi connectivity index (χ2n) is 5.68. The third kappa shape index (κ3) is 3.31. The van der Waals surface area contributed by atoms with Crippen molar-refractivity contribution in [2.45, 2.75) is 12.3 Å². The Morgan fingerprint density at radius 1 is 1.17 bits per heavy atom. The fraction of sp³-hybridized carbons (Fsp3) is 0.278. The average Bonchev–Trinajstić information content (AvgIpc) is 3.37. The van der Waals surface area contributed by atoms with Crippen LogP contribution in [0.2, 0.25) is 5.02 Å². The minimum absolute atomic E-state index is 0.113. The van der Waals surface area contributed by atoms with Crippen LogP contribution in [-0.2, 0) is 4.79 Å². The number of carbonyl (C=O) groups excluding carboxylic acids is 1. The Hall–Kier alpha value is -2.27. The molecule has 1 amide bonds. The van der Waals surface area contributed by atoms with Gasteiger partial charge in [-0.3, -0.25) is 4.79 Å². The predicted octanol–water partition coefficient (Wildman–Crippen LogP) is 4.24. The molecule has 0 heterocycles. The van der Waals surface area contributed by atoms with E-state index in [9.17, 15) is 9.18 Å². The summed E-state index contributed by atoms with van der Waals surface area (Å²) in [6, 6.07) is 9.49. The zero-order valence-corrected chi connectivity index (χ0v) is 14.1. The maximum atomic E-state index is 13.0. The molecule has 24 heavy (non-hydrogen) atoms. The van der Waals surface area contributed by atoms with Gasteiger partial charge in [-0.05, 0) is 30.0 Å². The molecule has 0 aliphatic heterocycles. The van der Waals surface area contributed by atoms with Crippen molar-refractivity contribution >= 4 is 23.2 Å². The number of amides is 1. The van der Waals surface area contributed by atoms with E-state index in [1.165, 1.54) is 26.4 Å². The van der Waals surface area contributed by atoms with Crippen molar-refractivity contribution in [3.63, 3.8) is 0 Å². The topological polar surface area (TPSA) is 47.6 Å². The first-order valence-electron chi connectivity index (χ1n) is 7.51. The number of rotatable bonds is 5. The molecule has 1 N–H and O–H groups in total. The van der Waals surface area contributed by atoms with E-state index < -0.39 is 0 Å². The molecule has 4 nitrogen and oxygen atoms in total. The first-order valence-corrected chi connectivity index (χ1v) is 7.89. The first-order chi connectivity index (χ1) is 11.5. The third-order valence-electron chi connectivity index (χ3n) is 4.16. The van der Waals surface area contributed by atoms with Crippen LogP contribution < -0.4 is 14.8 Å². The van der Waals surface area contributed by atoms with Crippen LogP contribution in [0.15, 0.2) is 36.4 Å². The molecule has 3 rings (SSSR count). The maximum absolute atomic E-state index is 13.0. The van der Waals surface area contributed by atoms with Crippen LogP contribution in [0.5, 0.6) is 11.5 Å². The summed E-state index contributed by atoms with van der Waals surface area (Å²) in [5, 5.41) is 3.20. The van der Waals surface area contributed by atoms with Gasteiger partial charge in [-0.1, -0.05) is 23.7 Å². The highest BCUT2D eigenvalue weighted by Crippen LogP contribution is 2.48. The SMILES string of the molecule is COc1cc(Cl)c(NC(=O)C2CC2c2ccc(F)cc2)cc1OC. The number of carbonyl (C=O) groups is 1. The molecular weight excluding hydrogens is 333 g/mol. The fourth-order valence-electron chi connectivity index (χ4n) is 2.74. The maximum Gasteiger partial charge on any atom is 0.228 e. The Morgan fingerprint density at radius 2 is 1.79 bits per heavy atom. The lowest BCUT2D eigenvalue weighted by Crippen LogP contribution is -2.15. The van der Waals surface area contributed by atoms with Crippen molar-refractivity contribution in [2.75, 3.05) is 19.5 Å². The number of halogens is 2. The molecule has 0 radical (unpaired) electrons. The van der Waals surface area contributed by atoms with Gasteiger partial charge >= 0.3 is 0 Å². The van der Waals surface area contributed by atoms with Gasteiger partial charge in [0.25, 0.3) is 0 Å². The number of hydrogen-bond acceptors (Lipinski definition) is 3. The molecule has 1 aliphatic rings. The van der Waals surface area contributed by atoms with Gasteiger partial charge in [0.15, 0.2) is 11.5 Å². The molecule has 0 spiro atoms. The van der Waals surface area contributed by atoms with Crippen molar-refractivity contribution in [1.82, 2.24) is 0 Å². The van der Waals surface area contributed by atoms with Crippen molar-refractivity contribution in [3.05, 3.63) is 52.8 Å². The summed E-state index contributed by atoms with van der Waals surface area (Å²) >= 11 is 6.19. The van der Waals surface area contributed by atoms with Crippen LogP contribution in [-0.4, -0.2) is 20.1 Å². The summed E-state index contributed by atoms with van der Waals surface area (Å²) in [7, 11) is 3.03. The van der Waals surface area contributed by atoms with E-state index in [2.05, 4.69) is 5.32 Å². The lowest BCUT2D eigenvalue weighted by Gasteiger charge is -2.12. The summed E-state index contributed by atoms with van der Waals surface area (Å²) in [6.07, 6.45) is 0.738. The Kier molecular flexibility index (Phi) is 4.62. The molecule has 2 aromatic rings. The molecule has 0 aromatic heterocycles. The normalized spacial score (nSPS) is 18.8. The molecule has 6 heteroatoms. The number of benzene rings is 2. The summed E-state index contributed by atoms with van der Waals surface area (Å²) in [5.74, 6) is 0.569. The van der Waals surface area contributed by atoms with E-state index >= 15 is 0 Å². The lowest BCUT2D eigenvalue weighted by molar-refractivity contribution is -0.117. The highest BCUT2D eigenvalue weighted by Gasteiger charge is 2.44. The third-order valence-corrected chi connectivity index (χ3v) is 4.47. The van der Waals surface area contributed by atoms with Crippen LogP contribution in [0, 0.1) is 11.7 Å². The summed E-state index contributed by atoms with van der Waals surface area (Å²) in [6.45, 7) is 0. The number of ether oxygens (including phenoxy) is 2. The Labute approximate surface area is 144 Å². The minimum atomic E-state index is -0.280. The van der Waals surface area contributed by atoms with Crippen molar-refractivity contribution in [2.24, 2.45) is 5.92 Å². The van der Waals surface area contributed by atoms with Crippen LogP contribution in [0.3, 0.4) is 0 Å². The molecule has 2 unspecified atom stereocenters. The van der Waals surface area contributed by atoms with Crippen LogP contribution >= 0.6 is 11.6 Å². The largest absolute Gasteiger partial charge is 0.493 e. The quantitative estimate of drug-likeness (QED) is 0.878. The Balaban J connectivity index is 1.71. The average molecular weight is 350 g/mol. The Bertz CT molecular complexity index is 764. The lowest BCUT2D eigenvalue weighted by atomic mass is 10.1. The smallest absolute Gasteiger partial charge is 0.228 e. The van der Waals surface area contributed by atoms with E-state index in [0.29, 0.717) is 22.2 Å². The van der Waals surface area contributed by atoms with Crippen molar-refractivity contribution in [3.8, 4) is 11.5 Å². The van der Waals surface area contributed by atoms with Gasteiger partial charge in [-0.2, -0.15) is 0 Å². The second-order valence-corrected chi connectivity index (χ2v) is 6.08. The summed E-state index contributed by atoms with van der Waals surface area (Å²) in [5.41, 5.74) is 1.44. The van der Waals surface area contributed by atoms with Gasteiger partial charge < -0.3 is 14.8 Å². The molecule has 1 saturated carbocycles. The van der Waals surface area contributed by atoms with E-state index in [1.807, 2.05) is 0 Å². The molecule has 0 saturated heterocycles. The molecular formula is C18H17ClFNO3. The Morgan fingerprint density at radius 3 is 2.42 bits per heavy atom. The zero-order chi connectivity index (χ0) is 17.3. The monoisotopic (exact) mass is 349 g/mol. The number of methoxy groups -OCH3 is 2. The summed E-state index contributed by atoms with van der Waals surface area (Å²) < 4.78 is 23.4. The van der Waals surface area contributed by atoms with E-state index in [-0.39, 0.29) is 23.6 Å². The minimum Gasteiger partial charge on any atom is -0.493 e. The highest BCUT2D eigenvalue weighted by molar-refractivity contribution is 6.34. The van der Waals surface area contributed by atoms with Crippen LogP contribution in [0.4, 0.5) is 10.1 Å².